The zero-order valence-corrected chi connectivity index (χ0v) is 16.1. The molecule has 0 spiro atoms. The van der Waals surface area contributed by atoms with E-state index in [1.807, 2.05) is 24.4 Å². The molecule has 0 aliphatic carbocycles. The minimum Gasteiger partial charge on any atom is -0.496 e. The number of rotatable bonds is 8. The van der Waals surface area contributed by atoms with Gasteiger partial charge in [-0.1, -0.05) is 12.1 Å². The van der Waals surface area contributed by atoms with E-state index in [4.69, 9.17) is 9.47 Å². The fourth-order valence-electron chi connectivity index (χ4n) is 2.44. The number of hydrogen-bond acceptors (Lipinski definition) is 8. The van der Waals surface area contributed by atoms with Crippen LogP contribution in [0.25, 0.3) is 0 Å². The number of aryl methyl sites for hydroxylation is 1. The lowest BCUT2D eigenvalue weighted by molar-refractivity contribution is -0.385. The highest BCUT2D eigenvalue weighted by atomic mass is 32.1. The third-order valence-electron chi connectivity index (χ3n) is 3.74. The van der Waals surface area contributed by atoms with Crippen molar-refractivity contribution < 1.29 is 14.4 Å². The summed E-state index contributed by atoms with van der Waals surface area (Å²) in [7, 11) is 1.56. The molecule has 8 nitrogen and oxygen atoms in total. The van der Waals surface area contributed by atoms with Gasteiger partial charge in [-0.05, 0) is 36.8 Å². The molecule has 0 saturated carbocycles. The van der Waals surface area contributed by atoms with E-state index in [0.29, 0.717) is 10.9 Å². The fourth-order valence-corrected chi connectivity index (χ4v) is 3.08. The molecule has 3 aromatic rings. The molecular weight excluding hydrogens is 380 g/mol. The fraction of sp³-hybridized carbons (Fsp3) is 0.158. The summed E-state index contributed by atoms with van der Waals surface area (Å²) in [4.78, 5) is 14.9. The molecule has 0 fully saturated rings. The largest absolute Gasteiger partial charge is 0.496 e. The Kier molecular flexibility index (Phi) is 6.18. The van der Waals surface area contributed by atoms with E-state index in [1.54, 1.807) is 37.6 Å². The molecule has 0 saturated heterocycles. The number of anilines is 1. The third kappa shape index (κ3) is 4.83. The Morgan fingerprint density at radius 1 is 1.29 bits per heavy atom. The van der Waals surface area contributed by atoms with Gasteiger partial charge in [-0.2, -0.15) is 5.10 Å². The Balaban J connectivity index is 1.73. The van der Waals surface area contributed by atoms with Crippen LogP contribution >= 0.6 is 11.3 Å². The SMILES string of the molecule is COc1ccc(C=NNc2nc(C)cs2)cc1COc1ccccc1[N+](=O)[O-]. The molecule has 3 rings (SSSR count). The lowest BCUT2D eigenvalue weighted by Gasteiger charge is -2.11. The Bertz CT molecular complexity index is 1000. The standard InChI is InChI=1S/C19H18N4O4S/c1-13-12-28-19(21-13)22-20-10-14-7-8-17(26-2)15(9-14)11-27-18-6-4-3-5-16(18)23(24)25/h3-10,12H,11H2,1-2H3,(H,21,22). The van der Waals surface area contributed by atoms with Crippen LogP contribution in [0.4, 0.5) is 10.8 Å². The minimum atomic E-state index is -0.471. The van der Waals surface area contributed by atoms with Crippen LogP contribution < -0.4 is 14.9 Å². The third-order valence-corrected chi connectivity index (χ3v) is 4.61. The van der Waals surface area contributed by atoms with Gasteiger partial charge in [-0.3, -0.25) is 15.5 Å². The van der Waals surface area contributed by atoms with Crippen molar-refractivity contribution in [2.24, 2.45) is 5.10 Å². The number of benzene rings is 2. The Hall–Kier alpha value is -3.46. The van der Waals surface area contributed by atoms with E-state index in [-0.39, 0.29) is 18.0 Å². The summed E-state index contributed by atoms with van der Waals surface area (Å²) in [5.41, 5.74) is 5.30. The van der Waals surface area contributed by atoms with Crippen LogP contribution in [0.3, 0.4) is 0 Å². The second-order valence-corrected chi connectivity index (χ2v) is 6.61. The molecule has 0 atom stereocenters. The number of hydrogen-bond donors (Lipinski definition) is 1. The van der Waals surface area contributed by atoms with Gasteiger partial charge in [0.2, 0.25) is 5.13 Å². The van der Waals surface area contributed by atoms with E-state index in [1.165, 1.54) is 17.4 Å². The van der Waals surface area contributed by atoms with Crippen LogP contribution in [-0.2, 0) is 6.61 Å². The van der Waals surface area contributed by atoms with Gasteiger partial charge in [0.15, 0.2) is 5.75 Å². The molecule has 28 heavy (non-hydrogen) atoms. The Morgan fingerprint density at radius 2 is 2.11 bits per heavy atom. The zero-order chi connectivity index (χ0) is 19.9. The number of nitro groups is 1. The number of ether oxygens (including phenoxy) is 2. The lowest BCUT2D eigenvalue weighted by Crippen LogP contribution is -2.02. The van der Waals surface area contributed by atoms with Gasteiger partial charge in [-0.25, -0.2) is 4.98 Å². The molecule has 0 amide bonds. The second-order valence-electron chi connectivity index (χ2n) is 5.75. The predicted octanol–water partition coefficient (Wildman–Crippen LogP) is 4.39. The normalized spacial score (nSPS) is 10.8. The van der Waals surface area contributed by atoms with E-state index in [0.717, 1.165) is 16.8 Å². The number of nitro benzene ring substituents is 1. The summed E-state index contributed by atoms with van der Waals surface area (Å²) in [5, 5.41) is 17.9. The van der Waals surface area contributed by atoms with Gasteiger partial charge >= 0.3 is 5.69 Å². The molecule has 0 radical (unpaired) electrons. The van der Waals surface area contributed by atoms with E-state index < -0.39 is 4.92 Å². The van der Waals surface area contributed by atoms with Gasteiger partial charge < -0.3 is 9.47 Å². The predicted molar refractivity (Wildman–Crippen MR) is 108 cm³/mol. The Labute approximate surface area is 165 Å². The van der Waals surface area contributed by atoms with E-state index in [9.17, 15) is 10.1 Å². The molecule has 2 aromatic carbocycles. The van der Waals surface area contributed by atoms with E-state index >= 15 is 0 Å². The number of hydrazone groups is 1. The Morgan fingerprint density at radius 3 is 2.82 bits per heavy atom. The maximum Gasteiger partial charge on any atom is 0.310 e. The topological polar surface area (TPSA) is 98.9 Å². The summed E-state index contributed by atoms with van der Waals surface area (Å²) in [6.45, 7) is 2.03. The molecule has 1 heterocycles. The van der Waals surface area contributed by atoms with Crippen molar-refractivity contribution in [1.29, 1.82) is 0 Å². The van der Waals surface area contributed by atoms with Crippen molar-refractivity contribution in [1.82, 2.24) is 4.98 Å². The maximum absolute atomic E-state index is 11.1. The maximum atomic E-state index is 11.1. The molecule has 0 aliphatic heterocycles. The van der Waals surface area contributed by atoms with Crippen LogP contribution in [0.2, 0.25) is 0 Å². The lowest BCUT2D eigenvalue weighted by atomic mass is 10.1. The number of thiazole rings is 1. The van der Waals surface area contributed by atoms with Gasteiger partial charge in [-0.15, -0.1) is 11.3 Å². The van der Waals surface area contributed by atoms with Gasteiger partial charge in [0.1, 0.15) is 12.4 Å². The molecule has 144 valence electrons. The van der Waals surface area contributed by atoms with Crippen LogP contribution in [0.5, 0.6) is 11.5 Å². The highest BCUT2D eigenvalue weighted by Gasteiger charge is 2.14. The second kappa shape index (κ2) is 8.96. The van der Waals surface area contributed by atoms with Crippen LogP contribution in [0.15, 0.2) is 52.9 Å². The zero-order valence-electron chi connectivity index (χ0n) is 15.3. The number of nitrogens with one attached hydrogen (secondary N) is 1. The number of methoxy groups -OCH3 is 1. The molecule has 0 bridgehead atoms. The molecule has 0 aliphatic rings. The average molecular weight is 398 g/mol. The summed E-state index contributed by atoms with van der Waals surface area (Å²) in [6, 6.07) is 11.8. The van der Waals surface area contributed by atoms with Crippen LogP contribution in [-0.4, -0.2) is 23.2 Å². The highest BCUT2D eigenvalue weighted by Crippen LogP contribution is 2.28. The van der Waals surface area contributed by atoms with Crippen molar-refractivity contribution >= 4 is 28.4 Å². The first-order valence-corrected chi connectivity index (χ1v) is 9.19. The van der Waals surface area contributed by atoms with Crippen molar-refractivity contribution in [2.75, 3.05) is 12.5 Å². The number of aromatic nitrogens is 1. The average Bonchev–Trinajstić information content (AvgIpc) is 3.11. The van der Waals surface area contributed by atoms with Crippen molar-refractivity contribution in [2.45, 2.75) is 13.5 Å². The van der Waals surface area contributed by atoms with Crippen LogP contribution in [0.1, 0.15) is 16.8 Å². The van der Waals surface area contributed by atoms with E-state index in [2.05, 4.69) is 15.5 Å². The highest BCUT2D eigenvalue weighted by molar-refractivity contribution is 7.13. The molecule has 9 heteroatoms. The monoisotopic (exact) mass is 398 g/mol. The van der Waals surface area contributed by atoms with Gasteiger partial charge in [0.05, 0.1) is 23.9 Å². The van der Waals surface area contributed by atoms with Crippen molar-refractivity contribution in [3.8, 4) is 11.5 Å². The summed E-state index contributed by atoms with van der Waals surface area (Å²) < 4.78 is 11.0. The summed E-state index contributed by atoms with van der Waals surface area (Å²) in [6.07, 6.45) is 1.66. The van der Waals surface area contributed by atoms with Gasteiger partial charge in [0.25, 0.3) is 0 Å². The first-order valence-electron chi connectivity index (χ1n) is 8.31. The summed E-state index contributed by atoms with van der Waals surface area (Å²) >= 11 is 1.47. The molecule has 1 N–H and O–H groups in total. The smallest absolute Gasteiger partial charge is 0.310 e. The molecule has 1 aromatic heterocycles. The first kappa shape index (κ1) is 19.3. The van der Waals surface area contributed by atoms with Crippen molar-refractivity contribution in [3.63, 3.8) is 0 Å². The molecular formula is C19H18N4O4S. The quantitative estimate of drug-likeness (QED) is 0.343. The first-order chi connectivity index (χ1) is 13.6. The molecule has 0 unspecified atom stereocenters. The van der Waals surface area contributed by atoms with Crippen molar-refractivity contribution in [3.05, 3.63) is 74.8 Å². The number of nitrogens with zero attached hydrogens (tertiary/aromatic N) is 3. The summed E-state index contributed by atoms with van der Waals surface area (Å²) in [5.74, 6) is 0.827. The van der Waals surface area contributed by atoms with Gasteiger partial charge in [0, 0.05) is 17.0 Å². The number of para-hydroxylation sites is 2. The van der Waals surface area contributed by atoms with Crippen LogP contribution in [0, 0.1) is 17.0 Å². The minimum absolute atomic E-state index is 0.0814.